The Kier molecular flexibility index (Phi) is 4.33. The van der Waals surface area contributed by atoms with Gasteiger partial charge >= 0.3 is 0 Å². The molecule has 0 aliphatic carbocycles. The Balaban J connectivity index is 2.69. The van der Waals surface area contributed by atoms with Crippen LogP contribution in [0.15, 0.2) is 18.2 Å². The van der Waals surface area contributed by atoms with Crippen molar-refractivity contribution in [2.45, 2.75) is 46.2 Å². The Hall–Kier alpha value is -1.58. The van der Waals surface area contributed by atoms with Gasteiger partial charge in [-0.15, -0.1) is 0 Å². The van der Waals surface area contributed by atoms with Crippen LogP contribution in [-0.4, -0.2) is 17.5 Å². The van der Waals surface area contributed by atoms with Crippen LogP contribution in [0.3, 0.4) is 0 Å². The van der Waals surface area contributed by atoms with Gasteiger partial charge in [0.1, 0.15) is 11.9 Å². The van der Waals surface area contributed by atoms with Crippen LogP contribution >= 0.6 is 0 Å². The Bertz CT molecular complexity index is 438. The maximum absolute atomic E-state index is 13.0. The Morgan fingerprint density at radius 3 is 2.44 bits per heavy atom. The van der Waals surface area contributed by atoms with E-state index in [0.717, 1.165) is 11.3 Å². The van der Waals surface area contributed by atoms with Crippen LogP contribution in [0.2, 0.25) is 0 Å². The molecule has 2 N–H and O–H groups in total. The zero-order chi connectivity index (χ0) is 13.9. The molecular formula is C14H21FN2O. The molecule has 0 spiro atoms. The van der Waals surface area contributed by atoms with Crippen molar-refractivity contribution < 1.29 is 9.18 Å². The molecule has 1 amide bonds. The van der Waals surface area contributed by atoms with Crippen LogP contribution in [0.1, 0.15) is 33.3 Å². The summed E-state index contributed by atoms with van der Waals surface area (Å²) in [5, 5.41) is 5.98. The SMILES string of the molecule is Cc1cc(F)ccc1NC(C)C(=O)NC(C)(C)C. The van der Waals surface area contributed by atoms with Crippen molar-refractivity contribution in [3.05, 3.63) is 29.6 Å². The fourth-order valence-electron chi connectivity index (χ4n) is 1.57. The van der Waals surface area contributed by atoms with E-state index in [2.05, 4.69) is 10.6 Å². The summed E-state index contributed by atoms with van der Waals surface area (Å²) in [6, 6.07) is 4.10. The normalized spacial score (nSPS) is 13.0. The molecule has 1 aromatic carbocycles. The second-order valence-electron chi connectivity index (χ2n) is 5.56. The van der Waals surface area contributed by atoms with E-state index in [0.29, 0.717) is 0 Å². The zero-order valence-electron chi connectivity index (χ0n) is 11.6. The average Bonchev–Trinajstić information content (AvgIpc) is 2.19. The van der Waals surface area contributed by atoms with E-state index in [1.54, 1.807) is 19.9 Å². The summed E-state index contributed by atoms with van der Waals surface area (Å²) in [5.74, 6) is -0.351. The highest BCUT2D eigenvalue weighted by molar-refractivity contribution is 5.84. The summed E-state index contributed by atoms with van der Waals surface area (Å²) in [4.78, 5) is 11.9. The lowest BCUT2D eigenvalue weighted by Crippen LogP contribution is -2.47. The smallest absolute Gasteiger partial charge is 0.242 e. The van der Waals surface area contributed by atoms with E-state index < -0.39 is 0 Å². The van der Waals surface area contributed by atoms with Crippen molar-refractivity contribution in [1.82, 2.24) is 5.32 Å². The molecule has 3 nitrogen and oxygen atoms in total. The van der Waals surface area contributed by atoms with Crippen LogP contribution in [-0.2, 0) is 4.79 Å². The number of amides is 1. The Labute approximate surface area is 108 Å². The maximum Gasteiger partial charge on any atom is 0.242 e. The van der Waals surface area contributed by atoms with Crippen molar-refractivity contribution in [1.29, 1.82) is 0 Å². The van der Waals surface area contributed by atoms with E-state index in [9.17, 15) is 9.18 Å². The largest absolute Gasteiger partial charge is 0.374 e. The van der Waals surface area contributed by atoms with Gasteiger partial charge in [-0.1, -0.05) is 0 Å². The number of rotatable bonds is 3. The minimum Gasteiger partial charge on any atom is -0.374 e. The third-order valence-electron chi connectivity index (χ3n) is 2.45. The van der Waals surface area contributed by atoms with E-state index in [1.807, 2.05) is 20.8 Å². The van der Waals surface area contributed by atoms with E-state index in [4.69, 9.17) is 0 Å². The fraction of sp³-hybridized carbons (Fsp3) is 0.500. The lowest BCUT2D eigenvalue weighted by atomic mass is 10.1. The summed E-state index contributed by atoms with van der Waals surface area (Å²) in [6.07, 6.45) is 0. The van der Waals surface area contributed by atoms with Crippen molar-refractivity contribution in [2.24, 2.45) is 0 Å². The third-order valence-corrected chi connectivity index (χ3v) is 2.45. The molecule has 0 radical (unpaired) electrons. The van der Waals surface area contributed by atoms with Crippen LogP contribution in [0.5, 0.6) is 0 Å². The predicted molar refractivity (Wildman–Crippen MR) is 72.1 cm³/mol. The minimum atomic E-state index is -0.367. The molecule has 1 aromatic rings. The molecule has 0 fully saturated rings. The Morgan fingerprint density at radius 2 is 1.94 bits per heavy atom. The number of nitrogens with one attached hydrogen (secondary N) is 2. The molecule has 4 heteroatoms. The van der Waals surface area contributed by atoms with Gasteiger partial charge in [-0.25, -0.2) is 4.39 Å². The van der Waals surface area contributed by atoms with Crippen molar-refractivity contribution >= 4 is 11.6 Å². The highest BCUT2D eigenvalue weighted by Gasteiger charge is 2.19. The molecule has 1 rings (SSSR count). The number of anilines is 1. The molecule has 1 atom stereocenters. The van der Waals surface area contributed by atoms with Gasteiger partial charge in [0.2, 0.25) is 5.91 Å². The van der Waals surface area contributed by atoms with Gasteiger partial charge < -0.3 is 10.6 Å². The predicted octanol–water partition coefficient (Wildman–Crippen LogP) is 2.85. The van der Waals surface area contributed by atoms with Gasteiger partial charge in [-0.3, -0.25) is 4.79 Å². The van der Waals surface area contributed by atoms with Gasteiger partial charge in [0, 0.05) is 11.2 Å². The third kappa shape index (κ3) is 4.35. The van der Waals surface area contributed by atoms with Crippen LogP contribution in [0.25, 0.3) is 0 Å². The van der Waals surface area contributed by atoms with Gasteiger partial charge in [0.25, 0.3) is 0 Å². The van der Waals surface area contributed by atoms with E-state index >= 15 is 0 Å². The summed E-state index contributed by atoms with van der Waals surface area (Å²) < 4.78 is 13.0. The van der Waals surface area contributed by atoms with Crippen LogP contribution < -0.4 is 10.6 Å². The summed E-state index contributed by atoms with van der Waals surface area (Å²) >= 11 is 0. The van der Waals surface area contributed by atoms with Crippen LogP contribution in [0, 0.1) is 12.7 Å². The number of carbonyl (C=O) groups excluding carboxylic acids is 1. The highest BCUT2D eigenvalue weighted by Crippen LogP contribution is 2.16. The maximum atomic E-state index is 13.0. The first-order chi connectivity index (χ1) is 8.19. The number of hydrogen-bond donors (Lipinski definition) is 2. The Morgan fingerprint density at radius 1 is 1.33 bits per heavy atom. The molecule has 0 bridgehead atoms. The first-order valence-electron chi connectivity index (χ1n) is 6.04. The highest BCUT2D eigenvalue weighted by atomic mass is 19.1. The number of halogens is 1. The lowest BCUT2D eigenvalue weighted by molar-refractivity contribution is -0.122. The molecule has 0 saturated carbocycles. The molecule has 0 aliphatic heterocycles. The molecule has 0 saturated heterocycles. The van der Waals surface area contributed by atoms with E-state index in [1.165, 1.54) is 12.1 Å². The van der Waals surface area contributed by atoms with Crippen molar-refractivity contribution in [3.63, 3.8) is 0 Å². The van der Waals surface area contributed by atoms with Crippen LogP contribution in [0.4, 0.5) is 10.1 Å². The lowest BCUT2D eigenvalue weighted by Gasteiger charge is -2.24. The summed E-state index contributed by atoms with van der Waals surface area (Å²) in [5.41, 5.74) is 1.29. The quantitative estimate of drug-likeness (QED) is 0.868. The van der Waals surface area contributed by atoms with Gasteiger partial charge in [-0.2, -0.15) is 0 Å². The summed E-state index contributed by atoms with van der Waals surface area (Å²) in [6.45, 7) is 9.38. The van der Waals surface area contributed by atoms with Crippen molar-refractivity contribution in [2.75, 3.05) is 5.32 Å². The summed E-state index contributed by atoms with van der Waals surface area (Å²) in [7, 11) is 0. The monoisotopic (exact) mass is 252 g/mol. The first kappa shape index (κ1) is 14.5. The standard InChI is InChI=1S/C14H21FN2O/c1-9-8-11(15)6-7-12(9)16-10(2)13(18)17-14(3,4)5/h6-8,10,16H,1-5H3,(H,17,18). The average molecular weight is 252 g/mol. The minimum absolute atomic E-state index is 0.0776. The number of carbonyl (C=O) groups is 1. The second-order valence-corrected chi connectivity index (χ2v) is 5.56. The van der Waals surface area contributed by atoms with Crippen molar-refractivity contribution in [3.8, 4) is 0 Å². The molecule has 18 heavy (non-hydrogen) atoms. The number of aryl methyl sites for hydroxylation is 1. The molecule has 0 aromatic heterocycles. The number of hydrogen-bond acceptors (Lipinski definition) is 2. The topological polar surface area (TPSA) is 41.1 Å². The second kappa shape index (κ2) is 5.38. The fourth-order valence-corrected chi connectivity index (χ4v) is 1.57. The van der Waals surface area contributed by atoms with E-state index in [-0.39, 0.29) is 23.3 Å². The molecule has 0 heterocycles. The number of benzene rings is 1. The van der Waals surface area contributed by atoms with Gasteiger partial charge in [-0.05, 0) is 58.4 Å². The molecular weight excluding hydrogens is 231 g/mol. The van der Waals surface area contributed by atoms with Gasteiger partial charge in [0.05, 0.1) is 0 Å². The van der Waals surface area contributed by atoms with Gasteiger partial charge in [0.15, 0.2) is 0 Å². The first-order valence-corrected chi connectivity index (χ1v) is 6.04. The molecule has 1 unspecified atom stereocenters. The molecule has 100 valence electrons. The molecule has 0 aliphatic rings. The zero-order valence-corrected chi connectivity index (χ0v) is 11.6.